The summed E-state index contributed by atoms with van der Waals surface area (Å²) in [5.41, 5.74) is 0. The van der Waals surface area contributed by atoms with Crippen molar-refractivity contribution >= 4 is 11.9 Å². The van der Waals surface area contributed by atoms with E-state index < -0.39 is 0 Å². The standard InChI is InChI=1S/C16H24N8O2/c1-22(2)16(26)17-9-14(25)19-12-7-11(8-12)15-21-20-13(23(15)3)10-24-6-4-5-18-24/h4-6,11-12H,7-10H2,1-3H3,(H,17,26)(H,19,25). The Kier molecular flexibility index (Phi) is 5.19. The van der Waals surface area contributed by atoms with Crippen molar-refractivity contribution in [3.8, 4) is 0 Å². The van der Waals surface area contributed by atoms with E-state index >= 15 is 0 Å². The molecule has 140 valence electrons. The van der Waals surface area contributed by atoms with Gasteiger partial charge in [0.1, 0.15) is 12.4 Å². The molecule has 1 fully saturated rings. The van der Waals surface area contributed by atoms with Gasteiger partial charge in [-0.25, -0.2) is 4.79 Å². The Balaban J connectivity index is 1.45. The summed E-state index contributed by atoms with van der Waals surface area (Å²) in [4.78, 5) is 24.7. The molecule has 3 amide bonds. The quantitative estimate of drug-likeness (QED) is 0.734. The van der Waals surface area contributed by atoms with E-state index in [1.807, 2.05) is 23.9 Å². The second-order valence-electron chi connectivity index (χ2n) is 6.72. The average molecular weight is 360 g/mol. The van der Waals surface area contributed by atoms with Crippen molar-refractivity contribution < 1.29 is 9.59 Å². The molecule has 1 saturated carbocycles. The van der Waals surface area contributed by atoms with Gasteiger partial charge in [0.15, 0.2) is 5.82 Å². The van der Waals surface area contributed by atoms with E-state index in [1.54, 1.807) is 25.0 Å². The van der Waals surface area contributed by atoms with Crippen LogP contribution < -0.4 is 10.6 Å². The highest BCUT2D eigenvalue weighted by Gasteiger charge is 2.34. The van der Waals surface area contributed by atoms with Crippen molar-refractivity contribution in [1.82, 2.24) is 40.1 Å². The highest BCUT2D eigenvalue weighted by atomic mass is 16.2. The lowest BCUT2D eigenvalue weighted by Crippen LogP contribution is -2.48. The van der Waals surface area contributed by atoms with Crippen LogP contribution in [0.1, 0.15) is 30.4 Å². The van der Waals surface area contributed by atoms with Crippen molar-refractivity contribution in [3.05, 3.63) is 30.1 Å². The lowest BCUT2D eigenvalue weighted by Gasteiger charge is -2.35. The number of amides is 3. The predicted molar refractivity (Wildman–Crippen MR) is 93.3 cm³/mol. The van der Waals surface area contributed by atoms with Crippen LogP contribution in [0.25, 0.3) is 0 Å². The van der Waals surface area contributed by atoms with E-state index in [4.69, 9.17) is 0 Å². The number of carbonyl (C=O) groups excluding carboxylic acids is 2. The molecule has 1 aliphatic carbocycles. The van der Waals surface area contributed by atoms with E-state index in [9.17, 15) is 9.59 Å². The molecule has 0 atom stereocenters. The molecule has 2 N–H and O–H groups in total. The minimum atomic E-state index is -0.282. The minimum absolute atomic E-state index is 0.0177. The molecule has 0 spiro atoms. The lowest BCUT2D eigenvalue weighted by atomic mass is 9.79. The third kappa shape index (κ3) is 4.01. The maximum atomic E-state index is 11.9. The number of hydrogen-bond donors (Lipinski definition) is 2. The van der Waals surface area contributed by atoms with Crippen LogP contribution >= 0.6 is 0 Å². The Hall–Kier alpha value is -2.91. The van der Waals surface area contributed by atoms with Crippen LogP contribution in [0, 0.1) is 0 Å². The number of aromatic nitrogens is 5. The van der Waals surface area contributed by atoms with E-state index in [1.165, 1.54) is 4.90 Å². The zero-order chi connectivity index (χ0) is 18.7. The van der Waals surface area contributed by atoms with Crippen LogP contribution in [0.15, 0.2) is 18.5 Å². The summed E-state index contributed by atoms with van der Waals surface area (Å²) in [5, 5.41) is 18.2. The van der Waals surface area contributed by atoms with Gasteiger partial charge < -0.3 is 20.1 Å². The molecule has 0 bridgehead atoms. The summed E-state index contributed by atoms with van der Waals surface area (Å²) in [6.07, 6.45) is 5.26. The summed E-state index contributed by atoms with van der Waals surface area (Å²) in [7, 11) is 5.22. The molecule has 2 aromatic rings. The number of nitrogens with one attached hydrogen (secondary N) is 2. The smallest absolute Gasteiger partial charge is 0.317 e. The molecule has 26 heavy (non-hydrogen) atoms. The van der Waals surface area contributed by atoms with Crippen LogP contribution in [-0.4, -0.2) is 68.1 Å². The molecule has 1 aliphatic rings. The summed E-state index contributed by atoms with van der Waals surface area (Å²) >= 11 is 0. The SMILES string of the molecule is CN(C)C(=O)NCC(=O)NC1CC(c2nnc(Cn3cccn3)n2C)C1. The van der Waals surface area contributed by atoms with Gasteiger partial charge >= 0.3 is 6.03 Å². The fourth-order valence-corrected chi connectivity index (χ4v) is 2.95. The summed E-state index contributed by atoms with van der Waals surface area (Å²) in [6.45, 7) is 0.561. The predicted octanol–water partition coefficient (Wildman–Crippen LogP) is -0.307. The highest BCUT2D eigenvalue weighted by molar-refractivity contribution is 5.84. The summed E-state index contributed by atoms with van der Waals surface area (Å²) in [6, 6.07) is 1.70. The molecule has 0 saturated heterocycles. The molecule has 10 heteroatoms. The first-order valence-corrected chi connectivity index (χ1v) is 8.54. The Morgan fingerprint density at radius 1 is 1.31 bits per heavy atom. The number of nitrogens with zero attached hydrogens (tertiary/aromatic N) is 6. The van der Waals surface area contributed by atoms with Crippen molar-refractivity contribution in [1.29, 1.82) is 0 Å². The number of urea groups is 1. The highest BCUT2D eigenvalue weighted by Crippen LogP contribution is 2.35. The first kappa shape index (κ1) is 17.9. The van der Waals surface area contributed by atoms with Crippen molar-refractivity contribution in [2.45, 2.75) is 31.3 Å². The Morgan fingerprint density at radius 3 is 2.73 bits per heavy atom. The van der Waals surface area contributed by atoms with Crippen LogP contribution in [0.4, 0.5) is 4.79 Å². The fraction of sp³-hybridized carbons (Fsp3) is 0.562. The molecule has 10 nitrogen and oxygen atoms in total. The van der Waals surface area contributed by atoms with Gasteiger partial charge in [0.25, 0.3) is 0 Å². The molecular formula is C16H24N8O2. The molecule has 2 heterocycles. The Labute approximate surface area is 151 Å². The Morgan fingerprint density at radius 2 is 2.08 bits per heavy atom. The maximum absolute atomic E-state index is 11.9. The number of rotatable bonds is 6. The topological polar surface area (TPSA) is 110 Å². The largest absolute Gasteiger partial charge is 0.352 e. The van der Waals surface area contributed by atoms with Gasteiger partial charge in [-0.3, -0.25) is 9.48 Å². The van der Waals surface area contributed by atoms with Gasteiger partial charge in [0.2, 0.25) is 5.91 Å². The molecule has 3 rings (SSSR count). The van der Waals surface area contributed by atoms with Crippen molar-refractivity contribution in [2.75, 3.05) is 20.6 Å². The fourth-order valence-electron chi connectivity index (χ4n) is 2.95. The molecular weight excluding hydrogens is 336 g/mol. The third-order valence-electron chi connectivity index (χ3n) is 4.54. The zero-order valence-corrected chi connectivity index (χ0v) is 15.2. The van der Waals surface area contributed by atoms with E-state index in [2.05, 4.69) is 25.9 Å². The second kappa shape index (κ2) is 7.54. The van der Waals surface area contributed by atoms with Crippen LogP contribution in [0.2, 0.25) is 0 Å². The van der Waals surface area contributed by atoms with E-state index in [-0.39, 0.29) is 30.4 Å². The van der Waals surface area contributed by atoms with Gasteiger partial charge in [0.05, 0.1) is 6.54 Å². The first-order valence-electron chi connectivity index (χ1n) is 8.54. The lowest BCUT2D eigenvalue weighted by molar-refractivity contribution is -0.121. The monoisotopic (exact) mass is 360 g/mol. The van der Waals surface area contributed by atoms with Crippen LogP contribution in [-0.2, 0) is 18.4 Å². The molecule has 0 radical (unpaired) electrons. The minimum Gasteiger partial charge on any atom is -0.352 e. The second-order valence-corrected chi connectivity index (χ2v) is 6.72. The molecule has 2 aromatic heterocycles. The van der Waals surface area contributed by atoms with Gasteiger partial charge in [-0.15, -0.1) is 10.2 Å². The van der Waals surface area contributed by atoms with Crippen molar-refractivity contribution in [3.63, 3.8) is 0 Å². The normalized spacial score (nSPS) is 18.9. The summed E-state index contributed by atoms with van der Waals surface area (Å²) < 4.78 is 3.81. The Bertz CT molecular complexity index is 761. The van der Waals surface area contributed by atoms with Crippen LogP contribution in [0.5, 0.6) is 0 Å². The molecule has 0 aliphatic heterocycles. The van der Waals surface area contributed by atoms with Gasteiger partial charge in [-0.05, 0) is 18.9 Å². The number of carbonyl (C=O) groups is 2. The van der Waals surface area contributed by atoms with Crippen molar-refractivity contribution in [2.24, 2.45) is 7.05 Å². The van der Waals surface area contributed by atoms with E-state index in [0.29, 0.717) is 6.54 Å². The molecule has 0 aromatic carbocycles. The third-order valence-corrected chi connectivity index (χ3v) is 4.54. The maximum Gasteiger partial charge on any atom is 0.317 e. The van der Waals surface area contributed by atoms with Gasteiger partial charge in [-0.2, -0.15) is 5.10 Å². The average Bonchev–Trinajstić information content (AvgIpc) is 3.20. The molecule has 0 unspecified atom stereocenters. The zero-order valence-electron chi connectivity index (χ0n) is 15.2. The van der Waals surface area contributed by atoms with E-state index in [0.717, 1.165) is 24.5 Å². The van der Waals surface area contributed by atoms with Gasteiger partial charge in [-0.1, -0.05) is 0 Å². The number of hydrogen-bond acceptors (Lipinski definition) is 5. The van der Waals surface area contributed by atoms with Crippen LogP contribution in [0.3, 0.4) is 0 Å². The van der Waals surface area contributed by atoms with Gasteiger partial charge in [0, 0.05) is 45.5 Å². The first-order chi connectivity index (χ1) is 12.4. The summed E-state index contributed by atoms with van der Waals surface area (Å²) in [5.74, 6) is 1.88.